The fraction of sp³-hybridized carbons (Fsp3) is 0.341. The Labute approximate surface area is 346 Å². The van der Waals surface area contributed by atoms with Crippen molar-refractivity contribution in [1.29, 1.82) is 0 Å². The number of aryl methyl sites for hydroxylation is 1. The van der Waals surface area contributed by atoms with E-state index < -0.39 is 29.3 Å². The number of piperazine rings is 1. The van der Waals surface area contributed by atoms with Crippen LogP contribution in [0.3, 0.4) is 0 Å². The zero-order chi connectivity index (χ0) is 42.8. The number of ether oxygens (including phenoxy) is 2. The van der Waals surface area contributed by atoms with E-state index in [2.05, 4.69) is 31.1 Å². The molecule has 0 radical (unpaired) electrons. The van der Waals surface area contributed by atoms with Crippen molar-refractivity contribution in [3.63, 3.8) is 0 Å². The minimum atomic E-state index is -0.742. The summed E-state index contributed by atoms with van der Waals surface area (Å²) in [5.74, 6) is -1.74. The number of amides is 4. The summed E-state index contributed by atoms with van der Waals surface area (Å²) >= 11 is 0. The Morgan fingerprint density at radius 3 is 2.35 bits per heavy atom. The molecule has 3 heterocycles. The number of rotatable bonds is 14. The number of aromatic amines is 1. The zero-order valence-corrected chi connectivity index (χ0v) is 34.1. The van der Waals surface area contributed by atoms with Crippen LogP contribution in [0.1, 0.15) is 58.4 Å². The molecule has 4 N–H and O–H groups in total. The molecule has 5 aromatic rings. The van der Waals surface area contributed by atoms with Gasteiger partial charge in [-0.05, 0) is 63.1 Å². The highest BCUT2D eigenvalue weighted by molar-refractivity contribution is 6.02. The maximum Gasteiger partial charge on any atom is 0.412 e. The van der Waals surface area contributed by atoms with Crippen molar-refractivity contribution in [1.82, 2.24) is 35.6 Å². The third-order valence-electron chi connectivity index (χ3n) is 9.65. The van der Waals surface area contributed by atoms with E-state index in [0.717, 1.165) is 16.7 Å². The van der Waals surface area contributed by atoms with Gasteiger partial charge in [0.05, 0.1) is 42.1 Å². The van der Waals surface area contributed by atoms with E-state index >= 15 is 0 Å². The molecule has 4 amide bonds. The first-order valence-electron chi connectivity index (χ1n) is 19.7. The number of halogens is 1. The van der Waals surface area contributed by atoms with Gasteiger partial charge in [-0.3, -0.25) is 24.5 Å². The number of H-pyrrole nitrogens is 1. The summed E-state index contributed by atoms with van der Waals surface area (Å²) < 4.78 is 26.0. The molecule has 2 aromatic heterocycles. The summed E-state index contributed by atoms with van der Waals surface area (Å²) in [5.41, 5.74) is 3.04. The van der Waals surface area contributed by atoms with Crippen LogP contribution in [-0.4, -0.2) is 113 Å². The topological polar surface area (TPSA) is 188 Å². The number of carbonyl (C=O) groups excluding carboxylic acids is 4. The Morgan fingerprint density at radius 1 is 0.867 bits per heavy atom. The van der Waals surface area contributed by atoms with Gasteiger partial charge in [-0.1, -0.05) is 54.1 Å². The highest BCUT2D eigenvalue weighted by Crippen LogP contribution is 2.26. The van der Waals surface area contributed by atoms with Crippen molar-refractivity contribution < 1.29 is 33.0 Å². The van der Waals surface area contributed by atoms with Gasteiger partial charge < -0.3 is 29.9 Å². The number of fused-ring (bicyclic) bond motifs is 1. The molecule has 0 saturated carbocycles. The normalized spacial score (nSPS) is 12.9. The Hall–Kier alpha value is -6.52. The van der Waals surface area contributed by atoms with Gasteiger partial charge in [-0.2, -0.15) is 5.10 Å². The number of hydrogen-bond donors (Lipinski definition) is 4. The van der Waals surface area contributed by atoms with Gasteiger partial charge in [0, 0.05) is 62.8 Å². The predicted molar refractivity (Wildman–Crippen MR) is 224 cm³/mol. The van der Waals surface area contributed by atoms with Gasteiger partial charge in [0.2, 0.25) is 5.91 Å². The average molecular weight is 821 g/mol. The molecular weight excluding hydrogens is 772 g/mol. The van der Waals surface area contributed by atoms with Crippen molar-refractivity contribution in [3.05, 3.63) is 123 Å². The van der Waals surface area contributed by atoms with Gasteiger partial charge >= 0.3 is 6.09 Å². The van der Waals surface area contributed by atoms with Gasteiger partial charge in [0.25, 0.3) is 17.4 Å². The minimum Gasteiger partial charge on any atom is -0.444 e. The largest absolute Gasteiger partial charge is 0.444 e. The van der Waals surface area contributed by atoms with E-state index in [9.17, 15) is 28.4 Å². The summed E-state index contributed by atoms with van der Waals surface area (Å²) in [6.07, 6.45) is 1.15. The number of pyridine rings is 1. The predicted octanol–water partition coefficient (Wildman–Crippen LogP) is 4.69. The summed E-state index contributed by atoms with van der Waals surface area (Å²) in [4.78, 5) is 71.8. The van der Waals surface area contributed by atoms with Crippen molar-refractivity contribution in [2.45, 2.75) is 39.7 Å². The first-order valence-corrected chi connectivity index (χ1v) is 19.7. The second-order valence-corrected chi connectivity index (χ2v) is 15.4. The van der Waals surface area contributed by atoms with Crippen molar-refractivity contribution in [2.75, 3.05) is 64.3 Å². The fourth-order valence-corrected chi connectivity index (χ4v) is 6.69. The van der Waals surface area contributed by atoms with Crippen LogP contribution in [0, 0.1) is 12.7 Å². The summed E-state index contributed by atoms with van der Waals surface area (Å²) in [7, 11) is 0. The molecule has 1 aliphatic rings. The van der Waals surface area contributed by atoms with Crippen LogP contribution in [0.15, 0.2) is 83.8 Å². The lowest BCUT2D eigenvalue weighted by atomic mass is 10.0. The third kappa shape index (κ3) is 11.4. The molecule has 15 nitrogen and oxygen atoms in total. The van der Waals surface area contributed by atoms with Crippen LogP contribution in [0.5, 0.6) is 0 Å². The Kier molecular flexibility index (Phi) is 14.0. The minimum absolute atomic E-state index is 0.0231. The van der Waals surface area contributed by atoms with Crippen LogP contribution >= 0.6 is 0 Å². The second-order valence-electron chi connectivity index (χ2n) is 15.4. The second kappa shape index (κ2) is 19.5. The first-order chi connectivity index (χ1) is 28.8. The number of hydrogen-bond acceptors (Lipinski definition) is 10. The SMILES string of the molecule is Cc1cccc(-c2cnc(C(=O)NCCOCCNCC(=O)N3CCN(C(=O)c4cc(Cc5n[nH]c(=O)c6ccccc56)ccc4F)CC3)c(NC(=O)OC(C)(C)C)c2)c1. The summed E-state index contributed by atoms with van der Waals surface area (Å²) in [6.45, 7) is 9.40. The molecule has 0 atom stereocenters. The molecule has 0 aliphatic carbocycles. The van der Waals surface area contributed by atoms with E-state index in [1.165, 1.54) is 17.0 Å². The van der Waals surface area contributed by atoms with Gasteiger partial charge in [-0.25, -0.2) is 19.3 Å². The van der Waals surface area contributed by atoms with Crippen LogP contribution in [-0.2, 0) is 20.7 Å². The van der Waals surface area contributed by atoms with E-state index in [4.69, 9.17) is 9.47 Å². The van der Waals surface area contributed by atoms with E-state index in [1.807, 2.05) is 37.3 Å². The Bertz CT molecular complexity index is 2420. The molecular formula is C44H49FN8O7. The first kappa shape index (κ1) is 43.1. The maximum absolute atomic E-state index is 14.9. The molecule has 0 bridgehead atoms. The third-order valence-corrected chi connectivity index (χ3v) is 9.65. The van der Waals surface area contributed by atoms with Crippen LogP contribution in [0.4, 0.5) is 14.9 Å². The molecule has 0 spiro atoms. The number of benzene rings is 3. The number of aromatic nitrogens is 3. The quantitative estimate of drug-likeness (QED) is 0.115. The molecule has 1 aliphatic heterocycles. The number of nitrogens with one attached hydrogen (secondary N) is 4. The highest BCUT2D eigenvalue weighted by Gasteiger charge is 2.27. The van der Waals surface area contributed by atoms with Crippen molar-refractivity contribution in [2.24, 2.45) is 0 Å². The smallest absolute Gasteiger partial charge is 0.412 e. The molecule has 60 heavy (non-hydrogen) atoms. The molecule has 314 valence electrons. The summed E-state index contributed by atoms with van der Waals surface area (Å²) in [6, 6.07) is 20.9. The lowest BCUT2D eigenvalue weighted by Gasteiger charge is -2.35. The molecule has 1 saturated heterocycles. The van der Waals surface area contributed by atoms with E-state index in [0.29, 0.717) is 41.7 Å². The average Bonchev–Trinajstić information content (AvgIpc) is 3.22. The van der Waals surface area contributed by atoms with Crippen molar-refractivity contribution in [3.8, 4) is 11.1 Å². The lowest BCUT2D eigenvalue weighted by Crippen LogP contribution is -2.52. The lowest BCUT2D eigenvalue weighted by molar-refractivity contribution is -0.131. The number of nitrogens with zero attached hydrogens (tertiary/aromatic N) is 4. The Balaban J connectivity index is 0.909. The van der Waals surface area contributed by atoms with Gasteiger partial charge in [0.1, 0.15) is 11.4 Å². The standard InChI is InChI=1S/C44H49FN8O7/c1-28-8-7-9-30(22-28)31-25-37(49-43(58)60-44(2,3)4)39(48-26-31)41(56)47-15-21-59-20-14-46-27-38(54)52-16-18-53(19-17-52)42(57)34-23-29(12-13-35(34)45)24-36-32-10-5-6-11-33(32)40(55)51-50-36/h5-13,22-23,25-26,46H,14-21,24,27H2,1-4H3,(H,47,56)(H,49,58)(H,51,55). The fourth-order valence-electron chi connectivity index (χ4n) is 6.69. The molecule has 0 unspecified atom stereocenters. The number of anilines is 1. The molecule has 1 fully saturated rings. The molecule has 16 heteroatoms. The monoisotopic (exact) mass is 820 g/mol. The maximum atomic E-state index is 14.9. The van der Waals surface area contributed by atoms with Crippen LogP contribution < -0.4 is 21.5 Å². The molecule has 3 aromatic carbocycles. The summed E-state index contributed by atoms with van der Waals surface area (Å²) in [5, 5.41) is 16.4. The van der Waals surface area contributed by atoms with Crippen molar-refractivity contribution >= 4 is 40.3 Å². The number of carbonyl (C=O) groups is 4. The molecule has 6 rings (SSSR count). The highest BCUT2D eigenvalue weighted by atomic mass is 19.1. The van der Waals surface area contributed by atoms with E-state index in [1.54, 1.807) is 62.2 Å². The van der Waals surface area contributed by atoms with Crippen LogP contribution in [0.2, 0.25) is 0 Å². The Morgan fingerprint density at radius 2 is 1.60 bits per heavy atom. The van der Waals surface area contributed by atoms with Gasteiger partial charge in [-0.15, -0.1) is 0 Å². The van der Waals surface area contributed by atoms with Gasteiger partial charge in [0.15, 0.2) is 5.69 Å². The zero-order valence-electron chi connectivity index (χ0n) is 34.1. The van der Waals surface area contributed by atoms with E-state index in [-0.39, 0.29) is 74.2 Å². The van der Waals surface area contributed by atoms with Crippen LogP contribution in [0.25, 0.3) is 21.9 Å².